The molecule has 0 spiro atoms. The van der Waals surface area contributed by atoms with E-state index in [4.69, 9.17) is 0 Å². The van der Waals surface area contributed by atoms with E-state index >= 15 is 0 Å². The molecule has 4 nitrogen and oxygen atoms in total. The standard InChI is InChI=1S/C14H24N2O2S/c1-9(2)11(4)16-14(18)15-10(3)8-12(17)13-6-5-7-19-13/h5-7,9-12,17H,8H2,1-4H3,(H2,15,16,18)/t10-,11-,12+/m1/s1. The number of rotatable bonds is 6. The summed E-state index contributed by atoms with van der Waals surface area (Å²) in [5, 5.41) is 17.7. The smallest absolute Gasteiger partial charge is 0.315 e. The largest absolute Gasteiger partial charge is 0.387 e. The summed E-state index contributed by atoms with van der Waals surface area (Å²) in [5.41, 5.74) is 0. The number of aliphatic hydroxyl groups is 1. The SMILES string of the molecule is CC(C)[C@@H](C)NC(=O)N[C@H](C)C[C@H](O)c1cccs1. The van der Waals surface area contributed by atoms with Crippen LogP contribution >= 0.6 is 11.3 Å². The Kier molecular flexibility index (Phi) is 6.31. The van der Waals surface area contributed by atoms with Crippen LogP contribution in [0.1, 0.15) is 45.1 Å². The summed E-state index contributed by atoms with van der Waals surface area (Å²) in [6, 6.07) is 3.71. The van der Waals surface area contributed by atoms with Gasteiger partial charge in [-0.25, -0.2) is 4.79 Å². The highest BCUT2D eigenvalue weighted by atomic mass is 32.1. The molecule has 2 amide bonds. The summed E-state index contributed by atoms with van der Waals surface area (Å²) >= 11 is 1.53. The van der Waals surface area contributed by atoms with Gasteiger partial charge in [0, 0.05) is 17.0 Å². The van der Waals surface area contributed by atoms with Gasteiger partial charge in [0.2, 0.25) is 0 Å². The minimum atomic E-state index is -0.516. The van der Waals surface area contributed by atoms with Gasteiger partial charge < -0.3 is 15.7 Å². The minimum Gasteiger partial charge on any atom is -0.387 e. The lowest BCUT2D eigenvalue weighted by molar-refractivity contribution is 0.157. The van der Waals surface area contributed by atoms with Crippen LogP contribution in [0.15, 0.2) is 17.5 Å². The first-order chi connectivity index (χ1) is 8.90. The van der Waals surface area contributed by atoms with Gasteiger partial charge in [0.1, 0.15) is 0 Å². The molecule has 0 aliphatic carbocycles. The average molecular weight is 284 g/mol. The van der Waals surface area contributed by atoms with Gasteiger partial charge in [-0.15, -0.1) is 11.3 Å². The maximum Gasteiger partial charge on any atom is 0.315 e. The van der Waals surface area contributed by atoms with Crippen molar-refractivity contribution in [1.82, 2.24) is 10.6 Å². The zero-order valence-electron chi connectivity index (χ0n) is 12.0. The minimum absolute atomic E-state index is 0.0727. The van der Waals surface area contributed by atoms with Crippen molar-refractivity contribution in [1.29, 1.82) is 0 Å². The lowest BCUT2D eigenvalue weighted by Gasteiger charge is -2.21. The lowest BCUT2D eigenvalue weighted by atomic mass is 10.1. The molecule has 1 rings (SSSR count). The second-order valence-corrected chi connectivity index (χ2v) is 6.30. The molecule has 0 aliphatic rings. The van der Waals surface area contributed by atoms with Crippen molar-refractivity contribution in [3.63, 3.8) is 0 Å². The third-order valence-corrected chi connectivity index (χ3v) is 4.16. The van der Waals surface area contributed by atoms with Crippen LogP contribution in [0.5, 0.6) is 0 Å². The fourth-order valence-electron chi connectivity index (χ4n) is 1.63. The first-order valence-corrected chi connectivity index (χ1v) is 7.56. The topological polar surface area (TPSA) is 61.4 Å². The molecule has 0 aliphatic heterocycles. The Balaban J connectivity index is 2.34. The van der Waals surface area contributed by atoms with Gasteiger partial charge in [0.05, 0.1) is 6.10 Å². The van der Waals surface area contributed by atoms with Gasteiger partial charge in [-0.05, 0) is 37.6 Å². The summed E-state index contributed by atoms with van der Waals surface area (Å²) in [6.07, 6.45) is 0.00194. The molecule has 0 radical (unpaired) electrons. The zero-order valence-corrected chi connectivity index (χ0v) is 12.8. The summed E-state index contributed by atoms with van der Waals surface area (Å²) < 4.78 is 0. The van der Waals surface area contributed by atoms with E-state index < -0.39 is 6.10 Å². The summed E-state index contributed by atoms with van der Waals surface area (Å²) in [7, 11) is 0. The van der Waals surface area contributed by atoms with E-state index in [0.29, 0.717) is 12.3 Å². The summed E-state index contributed by atoms with van der Waals surface area (Å²) in [5.74, 6) is 0.401. The van der Waals surface area contributed by atoms with E-state index in [-0.39, 0.29) is 18.1 Å². The van der Waals surface area contributed by atoms with Crippen molar-refractivity contribution in [2.75, 3.05) is 0 Å². The van der Waals surface area contributed by atoms with Crippen molar-refractivity contribution in [3.05, 3.63) is 22.4 Å². The number of amides is 2. The molecule has 0 unspecified atom stereocenters. The highest BCUT2D eigenvalue weighted by Gasteiger charge is 2.16. The Morgan fingerprint density at radius 3 is 2.53 bits per heavy atom. The first kappa shape index (κ1) is 16.0. The van der Waals surface area contributed by atoms with Crippen molar-refractivity contribution < 1.29 is 9.90 Å². The number of carbonyl (C=O) groups is 1. The normalized spacial score (nSPS) is 15.9. The molecule has 19 heavy (non-hydrogen) atoms. The van der Waals surface area contributed by atoms with E-state index in [0.717, 1.165) is 4.88 Å². The fraction of sp³-hybridized carbons (Fsp3) is 0.643. The average Bonchev–Trinajstić information content (AvgIpc) is 2.81. The first-order valence-electron chi connectivity index (χ1n) is 6.68. The van der Waals surface area contributed by atoms with Crippen molar-refractivity contribution in [2.24, 2.45) is 5.92 Å². The predicted octanol–water partition coefficient (Wildman–Crippen LogP) is 2.90. The quantitative estimate of drug-likeness (QED) is 0.752. The molecule has 0 fully saturated rings. The number of nitrogens with one attached hydrogen (secondary N) is 2. The zero-order chi connectivity index (χ0) is 14.4. The monoisotopic (exact) mass is 284 g/mol. The fourth-order valence-corrected chi connectivity index (χ4v) is 2.35. The van der Waals surface area contributed by atoms with Gasteiger partial charge in [-0.3, -0.25) is 0 Å². The molecule has 0 aromatic carbocycles. The van der Waals surface area contributed by atoms with Crippen LogP contribution in [0, 0.1) is 5.92 Å². The molecule has 1 heterocycles. The van der Waals surface area contributed by atoms with Gasteiger partial charge in [-0.1, -0.05) is 19.9 Å². The van der Waals surface area contributed by atoms with E-state index in [1.54, 1.807) is 0 Å². The number of urea groups is 1. The highest BCUT2D eigenvalue weighted by Crippen LogP contribution is 2.22. The maximum atomic E-state index is 11.7. The van der Waals surface area contributed by atoms with E-state index in [2.05, 4.69) is 24.5 Å². The number of aliphatic hydroxyl groups excluding tert-OH is 1. The van der Waals surface area contributed by atoms with E-state index in [1.807, 2.05) is 31.4 Å². The number of carbonyl (C=O) groups excluding carboxylic acids is 1. The third kappa shape index (κ3) is 5.61. The lowest BCUT2D eigenvalue weighted by Crippen LogP contribution is -2.46. The molecular formula is C14H24N2O2S. The second-order valence-electron chi connectivity index (χ2n) is 5.32. The Labute approximate surface area is 119 Å². The van der Waals surface area contributed by atoms with E-state index in [1.165, 1.54) is 11.3 Å². The molecule has 1 aromatic heterocycles. The molecule has 3 atom stereocenters. The summed E-state index contributed by atoms with van der Waals surface area (Å²) in [6.45, 7) is 8.01. The van der Waals surface area contributed by atoms with Crippen LogP contribution in [-0.4, -0.2) is 23.2 Å². The Hall–Kier alpha value is -1.07. The van der Waals surface area contributed by atoms with E-state index in [9.17, 15) is 9.90 Å². The Morgan fingerprint density at radius 1 is 1.32 bits per heavy atom. The number of hydrogen-bond acceptors (Lipinski definition) is 3. The predicted molar refractivity (Wildman–Crippen MR) is 79.3 cm³/mol. The van der Waals surface area contributed by atoms with Crippen LogP contribution in [0.25, 0.3) is 0 Å². The molecule has 0 saturated heterocycles. The van der Waals surface area contributed by atoms with Crippen molar-refractivity contribution in [3.8, 4) is 0 Å². The number of thiophene rings is 1. The van der Waals surface area contributed by atoms with Crippen LogP contribution in [0.3, 0.4) is 0 Å². The number of hydrogen-bond donors (Lipinski definition) is 3. The Bertz CT molecular complexity index is 379. The third-order valence-electron chi connectivity index (χ3n) is 3.18. The molecule has 108 valence electrons. The Morgan fingerprint density at radius 2 is 2.00 bits per heavy atom. The summed E-state index contributed by atoms with van der Waals surface area (Å²) in [4.78, 5) is 12.7. The second kappa shape index (κ2) is 7.50. The molecule has 0 saturated carbocycles. The van der Waals surface area contributed by atoms with Gasteiger partial charge in [0.15, 0.2) is 0 Å². The van der Waals surface area contributed by atoms with Crippen LogP contribution in [-0.2, 0) is 0 Å². The van der Waals surface area contributed by atoms with Crippen LogP contribution < -0.4 is 10.6 Å². The van der Waals surface area contributed by atoms with Gasteiger partial charge in [0.25, 0.3) is 0 Å². The maximum absolute atomic E-state index is 11.7. The molecular weight excluding hydrogens is 260 g/mol. The molecule has 0 bridgehead atoms. The van der Waals surface area contributed by atoms with Gasteiger partial charge in [-0.2, -0.15) is 0 Å². The van der Waals surface area contributed by atoms with Crippen LogP contribution in [0.4, 0.5) is 4.79 Å². The molecule has 5 heteroatoms. The molecule has 1 aromatic rings. The highest BCUT2D eigenvalue weighted by molar-refractivity contribution is 7.10. The van der Waals surface area contributed by atoms with Crippen molar-refractivity contribution in [2.45, 2.75) is 52.3 Å². The molecule has 3 N–H and O–H groups in total. The van der Waals surface area contributed by atoms with Crippen LogP contribution in [0.2, 0.25) is 0 Å². The van der Waals surface area contributed by atoms with Gasteiger partial charge >= 0.3 is 6.03 Å². The van der Waals surface area contributed by atoms with Crippen molar-refractivity contribution >= 4 is 17.4 Å².